The van der Waals surface area contributed by atoms with E-state index in [1.807, 2.05) is 19.1 Å². The second kappa shape index (κ2) is 8.59. The lowest BCUT2D eigenvalue weighted by molar-refractivity contribution is 0.0319. The number of carbonyl (C=O) groups excluding carboxylic acids is 4. The summed E-state index contributed by atoms with van der Waals surface area (Å²) in [5, 5.41) is 0. The fourth-order valence-electron chi connectivity index (χ4n) is 3.59. The van der Waals surface area contributed by atoms with Gasteiger partial charge in [-0.05, 0) is 55.3 Å². The molecule has 0 bridgehead atoms. The standard InChI is InChI=1S/C26H21NO5/c1-3-17-8-10-18(11-9-17)23(28)16(2)32-26(31)19-12-14-20(15-13-19)27-24(29)21-6-4-5-7-22(21)25(27)30/h4-16H,3H2,1-2H3. The van der Waals surface area contributed by atoms with E-state index in [-0.39, 0.29) is 11.3 Å². The molecule has 4 rings (SSSR count). The van der Waals surface area contributed by atoms with Crippen molar-refractivity contribution in [2.24, 2.45) is 0 Å². The minimum Gasteiger partial charge on any atom is -0.451 e. The molecular formula is C26H21NO5. The molecule has 3 aromatic carbocycles. The Morgan fingerprint density at radius 2 is 1.34 bits per heavy atom. The number of amides is 2. The molecule has 1 aliphatic rings. The lowest BCUT2D eigenvalue weighted by Gasteiger charge is -2.15. The monoisotopic (exact) mass is 427 g/mol. The number of carbonyl (C=O) groups is 4. The molecule has 0 aromatic heterocycles. The van der Waals surface area contributed by atoms with Crippen LogP contribution in [0.15, 0.2) is 72.8 Å². The summed E-state index contributed by atoms with van der Waals surface area (Å²) in [6.45, 7) is 3.56. The van der Waals surface area contributed by atoms with Crippen molar-refractivity contribution in [3.63, 3.8) is 0 Å². The highest BCUT2D eigenvalue weighted by atomic mass is 16.5. The normalized spacial score (nSPS) is 13.6. The number of esters is 1. The van der Waals surface area contributed by atoms with Gasteiger partial charge in [-0.3, -0.25) is 14.4 Å². The predicted molar refractivity (Wildman–Crippen MR) is 119 cm³/mol. The van der Waals surface area contributed by atoms with Crippen molar-refractivity contribution in [2.75, 3.05) is 4.90 Å². The van der Waals surface area contributed by atoms with E-state index in [4.69, 9.17) is 4.74 Å². The van der Waals surface area contributed by atoms with E-state index in [9.17, 15) is 19.2 Å². The largest absolute Gasteiger partial charge is 0.451 e. The van der Waals surface area contributed by atoms with E-state index >= 15 is 0 Å². The molecule has 0 fully saturated rings. The summed E-state index contributed by atoms with van der Waals surface area (Å²) >= 11 is 0. The number of fused-ring (bicyclic) bond motifs is 1. The smallest absolute Gasteiger partial charge is 0.338 e. The fraction of sp³-hybridized carbons (Fsp3) is 0.154. The van der Waals surface area contributed by atoms with Gasteiger partial charge >= 0.3 is 5.97 Å². The molecule has 32 heavy (non-hydrogen) atoms. The van der Waals surface area contributed by atoms with Crippen LogP contribution in [0.2, 0.25) is 0 Å². The lowest BCUT2D eigenvalue weighted by Crippen LogP contribution is -2.29. The van der Waals surface area contributed by atoms with Crippen molar-refractivity contribution in [2.45, 2.75) is 26.4 Å². The molecule has 3 aromatic rings. The maximum Gasteiger partial charge on any atom is 0.338 e. The topological polar surface area (TPSA) is 80.8 Å². The summed E-state index contributed by atoms with van der Waals surface area (Å²) in [7, 11) is 0. The first-order chi connectivity index (χ1) is 15.4. The summed E-state index contributed by atoms with van der Waals surface area (Å²) < 4.78 is 5.33. The number of hydrogen-bond donors (Lipinski definition) is 0. The highest BCUT2D eigenvalue weighted by molar-refractivity contribution is 6.34. The quantitative estimate of drug-likeness (QED) is 0.329. The van der Waals surface area contributed by atoms with Gasteiger partial charge in [-0.1, -0.05) is 43.3 Å². The second-order valence-electron chi connectivity index (χ2n) is 7.50. The third kappa shape index (κ3) is 3.83. The van der Waals surface area contributed by atoms with Gasteiger partial charge in [0.15, 0.2) is 6.10 Å². The van der Waals surface area contributed by atoms with E-state index in [1.54, 1.807) is 36.4 Å². The summed E-state index contributed by atoms with van der Waals surface area (Å²) in [4.78, 5) is 51.3. The number of hydrogen-bond acceptors (Lipinski definition) is 5. The maximum atomic E-state index is 12.6. The second-order valence-corrected chi connectivity index (χ2v) is 7.50. The minimum atomic E-state index is -0.953. The molecule has 6 heteroatoms. The van der Waals surface area contributed by atoms with Crippen molar-refractivity contribution in [3.05, 3.63) is 101 Å². The van der Waals surface area contributed by atoms with Gasteiger partial charge in [0, 0.05) is 5.56 Å². The van der Waals surface area contributed by atoms with Crippen LogP contribution in [0.5, 0.6) is 0 Å². The molecule has 1 aliphatic heterocycles. The number of Topliss-reactive ketones (excluding diaryl/α,β-unsaturated/α-hetero) is 1. The molecule has 0 radical (unpaired) electrons. The minimum absolute atomic E-state index is 0.214. The summed E-state index contributed by atoms with van der Waals surface area (Å²) in [6, 6.07) is 19.8. The van der Waals surface area contributed by atoms with Crippen LogP contribution >= 0.6 is 0 Å². The van der Waals surface area contributed by atoms with Crippen molar-refractivity contribution >= 4 is 29.3 Å². The number of rotatable bonds is 6. The Morgan fingerprint density at radius 1 is 0.812 bits per heavy atom. The highest BCUT2D eigenvalue weighted by Crippen LogP contribution is 2.28. The number of aryl methyl sites for hydroxylation is 1. The van der Waals surface area contributed by atoms with Crippen molar-refractivity contribution in [3.8, 4) is 0 Å². The Kier molecular flexibility index (Phi) is 5.69. The summed E-state index contributed by atoms with van der Waals surface area (Å²) in [5.74, 6) is -1.77. The number of ketones is 1. The Bertz CT molecular complexity index is 1180. The highest BCUT2D eigenvalue weighted by Gasteiger charge is 2.36. The van der Waals surface area contributed by atoms with E-state index in [0.717, 1.165) is 16.9 Å². The molecule has 1 atom stereocenters. The van der Waals surface area contributed by atoms with Crippen LogP contribution in [0.25, 0.3) is 0 Å². The van der Waals surface area contributed by atoms with E-state index < -0.39 is 23.9 Å². The molecule has 0 aliphatic carbocycles. The first-order valence-corrected chi connectivity index (χ1v) is 10.3. The summed E-state index contributed by atoms with van der Waals surface area (Å²) in [6.07, 6.45) is -0.0821. The van der Waals surface area contributed by atoms with Crippen molar-refractivity contribution in [1.82, 2.24) is 0 Å². The zero-order valence-electron chi connectivity index (χ0n) is 17.7. The van der Waals surface area contributed by atoms with Crippen LogP contribution in [-0.4, -0.2) is 29.7 Å². The van der Waals surface area contributed by atoms with Crippen molar-refractivity contribution in [1.29, 1.82) is 0 Å². The third-order valence-electron chi connectivity index (χ3n) is 5.46. The maximum absolute atomic E-state index is 12.6. The van der Waals surface area contributed by atoms with E-state index in [2.05, 4.69) is 0 Å². The number of nitrogens with zero attached hydrogens (tertiary/aromatic N) is 1. The van der Waals surface area contributed by atoms with Gasteiger partial charge in [-0.25, -0.2) is 9.69 Å². The van der Waals surface area contributed by atoms with Gasteiger partial charge in [-0.15, -0.1) is 0 Å². The van der Waals surface area contributed by atoms with Crippen LogP contribution in [0, 0.1) is 0 Å². The number of imide groups is 1. The van der Waals surface area contributed by atoms with Crippen molar-refractivity contribution < 1.29 is 23.9 Å². The first kappa shape index (κ1) is 21.2. The average molecular weight is 427 g/mol. The molecule has 160 valence electrons. The molecule has 6 nitrogen and oxygen atoms in total. The molecule has 1 unspecified atom stereocenters. The molecular weight excluding hydrogens is 406 g/mol. The van der Waals surface area contributed by atoms with Gasteiger partial charge in [0.25, 0.3) is 11.8 Å². The Hall–Kier alpha value is -4.06. The van der Waals surface area contributed by atoms with Crippen LogP contribution in [-0.2, 0) is 11.2 Å². The third-order valence-corrected chi connectivity index (χ3v) is 5.46. The average Bonchev–Trinajstić information content (AvgIpc) is 3.08. The van der Waals surface area contributed by atoms with E-state index in [0.29, 0.717) is 22.4 Å². The Balaban J connectivity index is 1.45. The Labute approximate surface area is 185 Å². The molecule has 0 N–H and O–H groups in total. The zero-order chi connectivity index (χ0) is 22.8. The van der Waals surface area contributed by atoms with Gasteiger partial charge in [0.05, 0.1) is 22.4 Å². The summed E-state index contributed by atoms with van der Waals surface area (Å²) in [5.41, 5.74) is 2.85. The van der Waals surface area contributed by atoms with E-state index in [1.165, 1.54) is 31.2 Å². The molecule has 0 saturated heterocycles. The van der Waals surface area contributed by atoms with Crippen LogP contribution in [0.4, 0.5) is 5.69 Å². The zero-order valence-corrected chi connectivity index (χ0v) is 17.7. The number of benzene rings is 3. The number of ether oxygens (including phenoxy) is 1. The molecule has 1 heterocycles. The first-order valence-electron chi connectivity index (χ1n) is 10.3. The number of anilines is 1. The predicted octanol–water partition coefficient (Wildman–Crippen LogP) is 4.48. The van der Waals surface area contributed by atoms with Gasteiger partial charge in [-0.2, -0.15) is 0 Å². The van der Waals surface area contributed by atoms with Gasteiger partial charge < -0.3 is 4.74 Å². The lowest BCUT2D eigenvalue weighted by atomic mass is 10.0. The molecule has 2 amide bonds. The van der Waals surface area contributed by atoms with Crippen LogP contribution in [0.3, 0.4) is 0 Å². The van der Waals surface area contributed by atoms with Gasteiger partial charge in [0.2, 0.25) is 5.78 Å². The fourth-order valence-corrected chi connectivity index (χ4v) is 3.59. The van der Waals surface area contributed by atoms with Gasteiger partial charge in [0.1, 0.15) is 0 Å². The molecule has 0 saturated carbocycles. The Morgan fingerprint density at radius 3 is 1.88 bits per heavy atom. The molecule has 0 spiro atoms. The van der Waals surface area contributed by atoms with Crippen LogP contribution < -0.4 is 4.90 Å². The van der Waals surface area contributed by atoms with Crippen LogP contribution in [0.1, 0.15) is 60.8 Å². The SMILES string of the molecule is CCc1ccc(C(=O)C(C)OC(=O)c2ccc(N3C(=O)c4ccccc4C3=O)cc2)cc1.